The molecule has 1 atom stereocenters. The molecule has 0 fully saturated rings. The maximum atomic E-state index is 12.6. The summed E-state index contributed by atoms with van der Waals surface area (Å²) in [4.78, 5) is 37.5. The Kier molecular flexibility index (Phi) is 6.36. The maximum Gasteiger partial charge on any atom is 0.411 e. The molecule has 0 aliphatic heterocycles. The fourth-order valence-electron chi connectivity index (χ4n) is 4.23. The molecule has 3 aromatic carbocycles. The topological polar surface area (TPSA) is 95.9 Å². The SMILES string of the molecule is Cc1cc(C(=O)N(C)C(C)C(=O)O)ccc1NC(=O)OCC1c2ccccc2-c2ccccc21. The number of anilines is 1. The average Bonchev–Trinajstić information content (AvgIpc) is 3.16. The van der Waals surface area contributed by atoms with E-state index in [-0.39, 0.29) is 12.5 Å². The Labute approximate surface area is 198 Å². The lowest BCUT2D eigenvalue weighted by atomic mass is 9.98. The van der Waals surface area contributed by atoms with Crippen LogP contribution in [0.1, 0.15) is 39.9 Å². The Morgan fingerprint density at radius 3 is 2.15 bits per heavy atom. The molecule has 174 valence electrons. The van der Waals surface area contributed by atoms with E-state index in [1.165, 1.54) is 14.0 Å². The van der Waals surface area contributed by atoms with E-state index < -0.39 is 24.0 Å². The molecule has 0 saturated heterocycles. The fraction of sp³-hybridized carbons (Fsp3) is 0.222. The number of nitrogens with zero attached hydrogens (tertiary/aromatic N) is 1. The van der Waals surface area contributed by atoms with E-state index in [2.05, 4.69) is 29.6 Å². The third-order valence-corrected chi connectivity index (χ3v) is 6.31. The molecule has 3 aromatic rings. The molecule has 0 saturated carbocycles. The number of carbonyl (C=O) groups is 3. The number of nitrogens with one attached hydrogen (secondary N) is 1. The second kappa shape index (κ2) is 9.39. The van der Waals surface area contributed by atoms with Crippen LogP contribution < -0.4 is 5.32 Å². The summed E-state index contributed by atoms with van der Waals surface area (Å²) in [5, 5.41) is 11.9. The molecular weight excluding hydrogens is 432 g/mol. The average molecular weight is 459 g/mol. The molecule has 0 aromatic heterocycles. The summed E-state index contributed by atoms with van der Waals surface area (Å²) in [6.45, 7) is 3.41. The van der Waals surface area contributed by atoms with Gasteiger partial charge >= 0.3 is 12.1 Å². The lowest BCUT2D eigenvalue weighted by molar-refractivity contribution is -0.141. The Bertz CT molecular complexity index is 1220. The van der Waals surface area contributed by atoms with Crippen molar-refractivity contribution in [2.75, 3.05) is 19.0 Å². The summed E-state index contributed by atoms with van der Waals surface area (Å²) in [6.07, 6.45) is -0.583. The van der Waals surface area contributed by atoms with Crippen LogP contribution in [0.25, 0.3) is 11.1 Å². The highest BCUT2D eigenvalue weighted by molar-refractivity contribution is 5.97. The highest BCUT2D eigenvalue weighted by atomic mass is 16.5. The molecule has 34 heavy (non-hydrogen) atoms. The van der Waals surface area contributed by atoms with E-state index in [0.717, 1.165) is 27.2 Å². The fourth-order valence-corrected chi connectivity index (χ4v) is 4.23. The second-order valence-corrected chi connectivity index (χ2v) is 8.41. The van der Waals surface area contributed by atoms with Crippen molar-refractivity contribution in [3.8, 4) is 11.1 Å². The maximum absolute atomic E-state index is 12.6. The molecule has 1 aliphatic carbocycles. The normalized spacial score (nSPS) is 12.9. The van der Waals surface area contributed by atoms with Crippen LogP contribution >= 0.6 is 0 Å². The van der Waals surface area contributed by atoms with Crippen LogP contribution in [0.4, 0.5) is 10.5 Å². The van der Waals surface area contributed by atoms with Gasteiger partial charge in [-0.2, -0.15) is 0 Å². The molecule has 0 heterocycles. The highest BCUT2D eigenvalue weighted by Crippen LogP contribution is 2.44. The first-order chi connectivity index (χ1) is 16.3. The minimum Gasteiger partial charge on any atom is -0.480 e. The van der Waals surface area contributed by atoms with Crippen molar-refractivity contribution in [3.05, 3.63) is 89.0 Å². The molecule has 7 heteroatoms. The van der Waals surface area contributed by atoms with E-state index in [4.69, 9.17) is 9.84 Å². The van der Waals surface area contributed by atoms with Gasteiger partial charge in [-0.1, -0.05) is 48.5 Å². The van der Waals surface area contributed by atoms with Crippen molar-refractivity contribution >= 4 is 23.7 Å². The number of aliphatic carboxylic acids is 1. The lowest BCUT2D eigenvalue weighted by Crippen LogP contribution is -2.40. The predicted molar refractivity (Wildman–Crippen MR) is 129 cm³/mol. The van der Waals surface area contributed by atoms with E-state index in [9.17, 15) is 14.4 Å². The number of ether oxygens (including phenoxy) is 1. The number of rotatable bonds is 6. The van der Waals surface area contributed by atoms with E-state index in [1.54, 1.807) is 25.1 Å². The van der Waals surface area contributed by atoms with Gasteiger partial charge < -0.3 is 14.7 Å². The first-order valence-electron chi connectivity index (χ1n) is 11.0. The van der Waals surface area contributed by atoms with Crippen LogP contribution in [0.5, 0.6) is 0 Å². The molecule has 0 bridgehead atoms. The van der Waals surface area contributed by atoms with Gasteiger partial charge in [-0.3, -0.25) is 10.1 Å². The number of fused-ring (bicyclic) bond motifs is 3. The Morgan fingerprint density at radius 1 is 1.00 bits per heavy atom. The largest absolute Gasteiger partial charge is 0.480 e. The zero-order valence-electron chi connectivity index (χ0n) is 19.2. The Hall–Kier alpha value is -4.13. The molecule has 2 amide bonds. The third kappa shape index (κ3) is 4.37. The number of likely N-dealkylation sites (N-methyl/N-ethyl adjacent to an activating group) is 1. The van der Waals surface area contributed by atoms with Crippen molar-refractivity contribution in [1.29, 1.82) is 0 Å². The number of hydrogen-bond donors (Lipinski definition) is 2. The molecular formula is C27H26N2O5. The first kappa shape index (κ1) is 23.0. The molecule has 1 unspecified atom stereocenters. The van der Waals surface area contributed by atoms with Gasteiger partial charge in [0, 0.05) is 24.2 Å². The first-order valence-corrected chi connectivity index (χ1v) is 11.0. The smallest absolute Gasteiger partial charge is 0.411 e. The number of hydrogen-bond acceptors (Lipinski definition) is 4. The highest BCUT2D eigenvalue weighted by Gasteiger charge is 2.29. The number of benzene rings is 3. The van der Waals surface area contributed by atoms with E-state index >= 15 is 0 Å². The summed E-state index contributed by atoms with van der Waals surface area (Å²) in [5.74, 6) is -1.53. The van der Waals surface area contributed by atoms with Crippen molar-refractivity contribution < 1.29 is 24.2 Å². The number of carboxylic acids is 1. The molecule has 2 N–H and O–H groups in total. The Balaban J connectivity index is 1.42. The van der Waals surface area contributed by atoms with Gasteiger partial charge in [0.15, 0.2) is 0 Å². The van der Waals surface area contributed by atoms with Crippen LogP contribution in [-0.4, -0.2) is 47.7 Å². The number of carbonyl (C=O) groups excluding carboxylic acids is 2. The Morgan fingerprint density at radius 2 is 1.59 bits per heavy atom. The van der Waals surface area contributed by atoms with E-state index in [1.807, 2.05) is 24.3 Å². The number of carboxylic acid groups (broad SMARTS) is 1. The van der Waals surface area contributed by atoms with Gasteiger partial charge in [-0.15, -0.1) is 0 Å². The summed E-state index contributed by atoms with van der Waals surface area (Å²) < 4.78 is 5.58. The summed E-state index contributed by atoms with van der Waals surface area (Å²) in [7, 11) is 1.44. The van der Waals surface area contributed by atoms with Gasteiger partial charge in [0.2, 0.25) is 0 Å². The van der Waals surface area contributed by atoms with Gasteiger partial charge in [-0.25, -0.2) is 9.59 Å². The van der Waals surface area contributed by atoms with Crippen molar-refractivity contribution in [2.45, 2.75) is 25.8 Å². The zero-order valence-corrected chi connectivity index (χ0v) is 19.2. The van der Waals surface area contributed by atoms with Crippen molar-refractivity contribution in [1.82, 2.24) is 4.90 Å². The van der Waals surface area contributed by atoms with Crippen LogP contribution in [0.2, 0.25) is 0 Å². The minimum absolute atomic E-state index is 0.0361. The van der Waals surface area contributed by atoms with Crippen molar-refractivity contribution in [3.63, 3.8) is 0 Å². The zero-order chi connectivity index (χ0) is 24.4. The number of amides is 2. The van der Waals surface area contributed by atoms with Crippen molar-refractivity contribution in [2.24, 2.45) is 0 Å². The standard InChI is InChI=1S/C27H26N2O5/c1-16-14-18(25(30)29(3)17(2)26(31)32)12-13-24(16)28-27(33)34-15-23-21-10-6-4-8-19(21)20-9-5-7-11-22(20)23/h4-14,17,23H,15H2,1-3H3,(H,28,33)(H,31,32). The molecule has 0 radical (unpaired) electrons. The van der Waals surface area contributed by atoms with E-state index in [0.29, 0.717) is 16.8 Å². The van der Waals surface area contributed by atoms with Crippen LogP contribution in [-0.2, 0) is 9.53 Å². The van der Waals surface area contributed by atoms with Crippen LogP contribution in [0.15, 0.2) is 66.7 Å². The van der Waals surface area contributed by atoms with Gasteiger partial charge in [0.05, 0.1) is 0 Å². The summed E-state index contributed by atoms with van der Waals surface area (Å²) >= 11 is 0. The molecule has 4 rings (SSSR count). The quantitative estimate of drug-likeness (QED) is 0.548. The summed E-state index contributed by atoms with van der Waals surface area (Å²) in [6, 6.07) is 20.1. The van der Waals surface area contributed by atoms with Crippen LogP contribution in [0, 0.1) is 6.92 Å². The monoisotopic (exact) mass is 458 g/mol. The molecule has 7 nitrogen and oxygen atoms in total. The lowest BCUT2D eigenvalue weighted by Gasteiger charge is -2.22. The third-order valence-electron chi connectivity index (χ3n) is 6.31. The minimum atomic E-state index is -1.08. The van der Waals surface area contributed by atoms with Gasteiger partial charge in [0.25, 0.3) is 5.91 Å². The number of aryl methyl sites for hydroxylation is 1. The predicted octanol–water partition coefficient (Wildman–Crippen LogP) is 4.90. The van der Waals surface area contributed by atoms with Crippen LogP contribution in [0.3, 0.4) is 0 Å². The van der Waals surface area contributed by atoms with Gasteiger partial charge in [0.1, 0.15) is 12.6 Å². The molecule has 1 aliphatic rings. The second-order valence-electron chi connectivity index (χ2n) is 8.41. The molecule has 0 spiro atoms. The van der Waals surface area contributed by atoms with Gasteiger partial charge in [-0.05, 0) is 59.9 Å². The summed E-state index contributed by atoms with van der Waals surface area (Å²) in [5.41, 5.74) is 6.10.